The van der Waals surface area contributed by atoms with Gasteiger partial charge in [-0.15, -0.1) is 0 Å². The standard InChI is InChI=1S/C22H28/c1-2-3-12-19-17-10-11-18-22(19,20-13-6-4-7-14-20)21-15-8-5-9-16-21/h4-9,13-16,19H,2-3,10-12,17-18H2,1H3. The second kappa shape index (κ2) is 7.13. The van der Waals surface area contributed by atoms with Gasteiger partial charge in [-0.05, 0) is 36.3 Å². The monoisotopic (exact) mass is 292 g/mol. The molecule has 3 rings (SSSR count). The molecule has 1 aliphatic carbocycles. The lowest BCUT2D eigenvalue weighted by molar-refractivity contribution is 0.208. The Labute approximate surface area is 135 Å². The summed E-state index contributed by atoms with van der Waals surface area (Å²) in [6.45, 7) is 2.32. The van der Waals surface area contributed by atoms with E-state index in [9.17, 15) is 0 Å². The molecule has 2 aromatic rings. The van der Waals surface area contributed by atoms with Crippen molar-refractivity contribution >= 4 is 0 Å². The molecule has 0 radical (unpaired) electrons. The van der Waals surface area contributed by atoms with Crippen molar-refractivity contribution in [1.82, 2.24) is 0 Å². The van der Waals surface area contributed by atoms with Gasteiger partial charge in [0.2, 0.25) is 0 Å². The third kappa shape index (κ3) is 2.84. The molecule has 1 unspecified atom stereocenters. The van der Waals surface area contributed by atoms with Crippen molar-refractivity contribution in [2.75, 3.05) is 0 Å². The zero-order valence-corrected chi connectivity index (χ0v) is 13.8. The summed E-state index contributed by atoms with van der Waals surface area (Å²) in [6.07, 6.45) is 9.45. The molecular weight excluding hydrogens is 264 g/mol. The van der Waals surface area contributed by atoms with E-state index in [0.717, 1.165) is 5.92 Å². The molecule has 0 spiro atoms. The fraction of sp³-hybridized carbons (Fsp3) is 0.455. The third-order valence-electron chi connectivity index (χ3n) is 5.55. The fourth-order valence-electron chi connectivity index (χ4n) is 4.48. The van der Waals surface area contributed by atoms with Crippen LogP contribution in [0, 0.1) is 5.92 Å². The van der Waals surface area contributed by atoms with Crippen LogP contribution in [-0.2, 0) is 5.41 Å². The number of hydrogen-bond donors (Lipinski definition) is 0. The molecule has 0 amide bonds. The van der Waals surface area contributed by atoms with E-state index in [-0.39, 0.29) is 5.41 Å². The average Bonchev–Trinajstić information content (AvgIpc) is 2.61. The predicted octanol–water partition coefficient (Wildman–Crippen LogP) is 6.35. The smallest absolute Gasteiger partial charge is 0.0231 e. The van der Waals surface area contributed by atoms with E-state index in [1.807, 2.05) is 0 Å². The molecule has 1 saturated carbocycles. The quantitative estimate of drug-likeness (QED) is 0.602. The molecule has 2 aromatic carbocycles. The molecule has 0 N–H and O–H groups in total. The first-order valence-electron chi connectivity index (χ1n) is 8.99. The summed E-state index contributed by atoms with van der Waals surface area (Å²) in [4.78, 5) is 0. The molecule has 116 valence electrons. The molecule has 0 nitrogen and oxygen atoms in total. The molecule has 0 aliphatic heterocycles. The zero-order chi connectivity index (χ0) is 15.3. The molecule has 0 aromatic heterocycles. The Morgan fingerprint density at radius 2 is 1.45 bits per heavy atom. The second-order valence-corrected chi connectivity index (χ2v) is 6.79. The van der Waals surface area contributed by atoms with Crippen molar-refractivity contribution in [2.24, 2.45) is 5.92 Å². The van der Waals surface area contributed by atoms with E-state index in [1.165, 1.54) is 56.1 Å². The van der Waals surface area contributed by atoms with Crippen LogP contribution >= 0.6 is 0 Å². The first-order chi connectivity index (χ1) is 10.9. The van der Waals surface area contributed by atoms with E-state index in [4.69, 9.17) is 0 Å². The Hall–Kier alpha value is -1.56. The van der Waals surface area contributed by atoms with Gasteiger partial charge in [0.05, 0.1) is 0 Å². The molecule has 1 aliphatic rings. The normalized spacial score (nSPS) is 20.7. The molecule has 0 bridgehead atoms. The largest absolute Gasteiger partial charge is 0.0654 e. The minimum atomic E-state index is 0.232. The van der Waals surface area contributed by atoms with Crippen molar-refractivity contribution < 1.29 is 0 Å². The second-order valence-electron chi connectivity index (χ2n) is 6.79. The van der Waals surface area contributed by atoms with E-state index >= 15 is 0 Å². The van der Waals surface area contributed by atoms with Gasteiger partial charge in [0.1, 0.15) is 0 Å². The van der Waals surface area contributed by atoms with Gasteiger partial charge in [-0.2, -0.15) is 0 Å². The van der Waals surface area contributed by atoms with Crippen LogP contribution in [-0.4, -0.2) is 0 Å². The van der Waals surface area contributed by atoms with Gasteiger partial charge in [-0.1, -0.05) is 93.3 Å². The average molecular weight is 292 g/mol. The summed E-state index contributed by atoms with van der Waals surface area (Å²) in [7, 11) is 0. The van der Waals surface area contributed by atoms with Gasteiger partial charge in [0, 0.05) is 5.41 Å². The molecule has 0 heteroatoms. The minimum Gasteiger partial charge on any atom is -0.0654 e. The lowest BCUT2D eigenvalue weighted by Gasteiger charge is -2.46. The lowest BCUT2D eigenvalue weighted by atomic mass is 9.58. The first kappa shape index (κ1) is 15.3. The number of unbranched alkanes of at least 4 members (excludes halogenated alkanes) is 1. The van der Waals surface area contributed by atoms with Crippen molar-refractivity contribution in [3.05, 3.63) is 71.8 Å². The third-order valence-corrected chi connectivity index (χ3v) is 5.55. The van der Waals surface area contributed by atoms with Gasteiger partial charge in [0.15, 0.2) is 0 Å². The Morgan fingerprint density at radius 3 is 2.00 bits per heavy atom. The highest BCUT2D eigenvalue weighted by atomic mass is 14.5. The minimum absolute atomic E-state index is 0.232. The number of hydrogen-bond acceptors (Lipinski definition) is 0. The lowest BCUT2D eigenvalue weighted by Crippen LogP contribution is -2.39. The molecule has 0 saturated heterocycles. The highest BCUT2D eigenvalue weighted by molar-refractivity contribution is 5.41. The summed E-state index contributed by atoms with van der Waals surface area (Å²) >= 11 is 0. The van der Waals surface area contributed by atoms with Crippen molar-refractivity contribution in [3.8, 4) is 0 Å². The van der Waals surface area contributed by atoms with Crippen LogP contribution in [0.5, 0.6) is 0 Å². The van der Waals surface area contributed by atoms with E-state index in [2.05, 4.69) is 67.6 Å². The maximum Gasteiger partial charge on any atom is 0.0231 e. The molecule has 1 atom stereocenters. The number of rotatable bonds is 5. The van der Waals surface area contributed by atoms with Crippen LogP contribution < -0.4 is 0 Å². The van der Waals surface area contributed by atoms with E-state index < -0.39 is 0 Å². The molecule has 1 fully saturated rings. The summed E-state index contributed by atoms with van der Waals surface area (Å²) in [5.74, 6) is 0.783. The topological polar surface area (TPSA) is 0 Å². The Bertz CT molecular complexity index is 516. The summed E-state index contributed by atoms with van der Waals surface area (Å²) in [5.41, 5.74) is 3.29. The van der Waals surface area contributed by atoms with Crippen molar-refractivity contribution in [1.29, 1.82) is 0 Å². The van der Waals surface area contributed by atoms with Crippen LogP contribution in [0.4, 0.5) is 0 Å². The highest BCUT2D eigenvalue weighted by Gasteiger charge is 2.42. The molecule has 0 heterocycles. The van der Waals surface area contributed by atoms with E-state index in [1.54, 1.807) is 0 Å². The van der Waals surface area contributed by atoms with Crippen LogP contribution in [0.15, 0.2) is 60.7 Å². The Kier molecular flexibility index (Phi) is 4.97. The maximum absolute atomic E-state index is 2.36. The predicted molar refractivity (Wildman–Crippen MR) is 95.1 cm³/mol. The van der Waals surface area contributed by atoms with Crippen LogP contribution in [0.3, 0.4) is 0 Å². The van der Waals surface area contributed by atoms with E-state index in [0.29, 0.717) is 0 Å². The van der Waals surface area contributed by atoms with Crippen molar-refractivity contribution in [3.63, 3.8) is 0 Å². The van der Waals surface area contributed by atoms with Crippen LogP contribution in [0.25, 0.3) is 0 Å². The van der Waals surface area contributed by atoms with Gasteiger partial charge in [-0.25, -0.2) is 0 Å². The SMILES string of the molecule is CCCCC1CCCCC1(c1ccccc1)c1ccccc1. The van der Waals surface area contributed by atoms with Crippen molar-refractivity contribution in [2.45, 2.75) is 57.3 Å². The maximum atomic E-state index is 2.36. The van der Waals surface area contributed by atoms with Gasteiger partial charge < -0.3 is 0 Å². The zero-order valence-electron chi connectivity index (χ0n) is 13.8. The fourth-order valence-corrected chi connectivity index (χ4v) is 4.48. The van der Waals surface area contributed by atoms with Gasteiger partial charge in [0.25, 0.3) is 0 Å². The Balaban J connectivity index is 2.09. The summed E-state index contributed by atoms with van der Waals surface area (Å²) in [6, 6.07) is 22.6. The van der Waals surface area contributed by atoms with Crippen LogP contribution in [0.2, 0.25) is 0 Å². The highest BCUT2D eigenvalue weighted by Crippen LogP contribution is 2.50. The van der Waals surface area contributed by atoms with Gasteiger partial charge >= 0.3 is 0 Å². The van der Waals surface area contributed by atoms with Gasteiger partial charge in [-0.3, -0.25) is 0 Å². The molecule has 22 heavy (non-hydrogen) atoms. The summed E-state index contributed by atoms with van der Waals surface area (Å²) in [5, 5.41) is 0. The molecular formula is C22H28. The van der Waals surface area contributed by atoms with Crippen LogP contribution in [0.1, 0.15) is 63.0 Å². The first-order valence-corrected chi connectivity index (χ1v) is 8.99. The summed E-state index contributed by atoms with van der Waals surface area (Å²) < 4.78 is 0. The number of benzene rings is 2. The Morgan fingerprint density at radius 1 is 0.864 bits per heavy atom.